The SMILES string of the molecule is CN(C)c1cccc(NC(=O)c2n[nH]c3c2COCC3)c1. The minimum Gasteiger partial charge on any atom is -0.378 e. The first-order chi connectivity index (χ1) is 10.1. The van der Waals surface area contributed by atoms with Crippen molar-refractivity contribution in [1.29, 1.82) is 0 Å². The van der Waals surface area contributed by atoms with E-state index in [1.165, 1.54) is 0 Å². The van der Waals surface area contributed by atoms with Crippen molar-refractivity contribution in [3.8, 4) is 0 Å². The van der Waals surface area contributed by atoms with E-state index in [1.54, 1.807) is 0 Å². The van der Waals surface area contributed by atoms with E-state index in [0.717, 1.165) is 29.1 Å². The van der Waals surface area contributed by atoms with Crippen LogP contribution in [0.4, 0.5) is 11.4 Å². The highest BCUT2D eigenvalue weighted by Gasteiger charge is 2.22. The van der Waals surface area contributed by atoms with Gasteiger partial charge in [0.1, 0.15) is 0 Å². The molecule has 1 aromatic heterocycles. The first-order valence-corrected chi connectivity index (χ1v) is 6.88. The molecule has 0 radical (unpaired) electrons. The Bertz CT molecular complexity index is 663. The normalized spacial score (nSPS) is 13.6. The van der Waals surface area contributed by atoms with E-state index in [9.17, 15) is 4.79 Å². The molecular weight excluding hydrogens is 268 g/mol. The number of amides is 1. The Morgan fingerprint density at radius 3 is 3.10 bits per heavy atom. The maximum atomic E-state index is 12.4. The second kappa shape index (κ2) is 5.57. The predicted molar refractivity (Wildman–Crippen MR) is 80.7 cm³/mol. The highest BCUT2D eigenvalue weighted by atomic mass is 16.5. The molecule has 0 saturated heterocycles. The van der Waals surface area contributed by atoms with Gasteiger partial charge in [0.05, 0.1) is 13.2 Å². The van der Waals surface area contributed by atoms with Gasteiger partial charge in [-0.2, -0.15) is 5.10 Å². The van der Waals surface area contributed by atoms with Gasteiger partial charge >= 0.3 is 0 Å². The topological polar surface area (TPSA) is 70.2 Å². The fraction of sp³-hybridized carbons (Fsp3) is 0.333. The van der Waals surface area contributed by atoms with Gasteiger partial charge in [-0.25, -0.2) is 0 Å². The third-order valence-electron chi connectivity index (χ3n) is 3.53. The quantitative estimate of drug-likeness (QED) is 0.902. The summed E-state index contributed by atoms with van der Waals surface area (Å²) in [5.74, 6) is -0.214. The Balaban J connectivity index is 1.80. The van der Waals surface area contributed by atoms with Gasteiger partial charge in [-0.15, -0.1) is 0 Å². The van der Waals surface area contributed by atoms with Crippen LogP contribution in [0.5, 0.6) is 0 Å². The fourth-order valence-electron chi connectivity index (χ4n) is 2.35. The van der Waals surface area contributed by atoms with Gasteiger partial charge in [-0.1, -0.05) is 6.07 Å². The number of carbonyl (C=O) groups is 1. The molecule has 0 fully saturated rings. The molecule has 2 N–H and O–H groups in total. The number of nitrogens with one attached hydrogen (secondary N) is 2. The minimum absolute atomic E-state index is 0.214. The summed E-state index contributed by atoms with van der Waals surface area (Å²) in [6, 6.07) is 7.68. The lowest BCUT2D eigenvalue weighted by Crippen LogP contribution is -2.17. The van der Waals surface area contributed by atoms with E-state index >= 15 is 0 Å². The molecule has 6 nitrogen and oxygen atoms in total. The number of hydrogen-bond acceptors (Lipinski definition) is 4. The highest BCUT2D eigenvalue weighted by molar-refractivity contribution is 6.04. The zero-order chi connectivity index (χ0) is 14.8. The van der Waals surface area contributed by atoms with Crippen LogP contribution in [0.25, 0.3) is 0 Å². The van der Waals surface area contributed by atoms with Crippen LogP contribution in [0.1, 0.15) is 21.7 Å². The molecule has 0 bridgehead atoms. The molecule has 1 amide bonds. The van der Waals surface area contributed by atoms with E-state index in [2.05, 4.69) is 15.5 Å². The van der Waals surface area contributed by atoms with E-state index in [-0.39, 0.29) is 5.91 Å². The Morgan fingerprint density at radius 1 is 1.43 bits per heavy atom. The summed E-state index contributed by atoms with van der Waals surface area (Å²) in [6.07, 6.45) is 0.770. The summed E-state index contributed by atoms with van der Waals surface area (Å²) >= 11 is 0. The highest BCUT2D eigenvalue weighted by Crippen LogP contribution is 2.21. The van der Waals surface area contributed by atoms with Crippen LogP contribution in [0.2, 0.25) is 0 Å². The fourth-order valence-corrected chi connectivity index (χ4v) is 2.35. The molecule has 0 atom stereocenters. The minimum atomic E-state index is -0.214. The van der Waals surface area contributed by atoms with Crippen LogP contribution >= 0.6 is 0 Å². The summed E-state index contributed by atoms with van der Waals surface area (Å²) in [5.41, 5.74) is 4.05. The van der Waals surface area contributed by atoms with Crippen molar-refractivity contribution >= 4 is 17.3 Å². The largest absolute Gasteiger partial charge is 0.378 e. The molecule has 1 aliphatic heterocycles. The summed E-state index contributed by atoms with van der Waals surface area (Å²) in [4.78, 5) is 14.4. The van der Waals surface area contributed by atoms with E-state index < -0.39 is 0 Å². The number of aromatic amines is 1. The van der Waals surface area contributed by atoms with Crippen molar-refractivity contribution in [2.75, 3.05) is 30.9 Å². The summed E-state index contributed by atoms with van der Waals surface area (Å²) in [5, 5.41) is 9.93. The third kappa shape index (κ3) is 2.75. The predicted octanol–water partition coefficient (Wildman–Crippen LogP) is 1.80. The Morgan fingerprint density at radius 2 is 2.29 bits per heavy atom. The van der Waals surface area contributed by atoms with Gasteiger partial charge < -0.3 is 15.0 Å². The molecule has 1 aromatic carbocycles. The van der Waals surface area contributed by atoms with Crippen molar-refractivity contribution in [1.82, 2.24) is 10.2 Å². The van der Waals surface area contributed by atoms with Crippen LogP contribution in [0.3, 0.4) is 0 Å². The number of carbonyl (C=O) groups excluding carboxylic acids is 1. The Kier molecular flexibility index (Phi) is 3.62. The lowest BCUT2D eigenvalue weighted by Gasteiger charge is -2.14. The summed E-state index contributed by atoms with van der Waals surface area (Å²) < 4.78 is 5.40. The first kappa shape index (κ1) is 13.6. The maximum absolute atomic E-state index is 12.4. The molecule has 110 valence electrons. The number of benzene rings is 1. The Hall–Kier alpha value is -2.34. The van der Waals surface area contributed by atoms with Crippen molar-refractivity contribution < 1.29 is 9.53 Å². The monoisotopic (exact) mass is 286 g/mol. The molecular formula is C15H18N4O2. The maximum Gasteiger partial charge on any atom is 0.276 e. The van der Waals surface area contributed by atoms with Gasteiger partial charge in [0.2, 0.25) is 0 Å². The molecule has 0 saturated carbocycles. The molecule has 0 aliphatic carbocycles. The number of nitrogens with zero attached hydrogens (tertiary/aromatic N) is 2. The van der Waals surface area contributed by atoms with Crippen LogP contribution in [-0.2, 0) is 17.8 Å². The van der Waals surface area contributed by atoms with E-state index in [4.69, 9.17) is 4.74 Å². The van der Waals surface area contributed by atoms with E-state index in [0.29, 0.717) is 18.9 Å². The number of hydrogen-bond donors (Lipinski definition) is 2. The molecule has 2 heterocycles. The van der Waals surface area contributed by atoms with Crippen molar-refractivity contribution in [3.05, 3.63) is 41.2 Å². The van der Waals surface area contributed by atoms with Crippen LogP contribution in [0, 0.1) is 0 Å². The van der Waals surface area contributed by atoms with Gasteiger partial charge in [0.15, 0.2) is 5.69 Å². The number of rotatable bonds is 3. The molecule has 0 unspecified atom stereocenters. The summed E-state index contributed by atoms with van der Waals surface area (Å²) in [6.45, 7) is 1.10. The third-order valence-corrected chi connectivity index (χ3v) is 3.53. The lowest BCUT2D eigenvalue weighted by atomic mass is 10.1. The zero-order valence-corrected chi connectivity index (χ0v) is 12.1. The first-order valence-electron chi connectivity index (χ1n) is 6.88. The molecule has 1 aliphatic rings. The Labute approximate surface area is 123 Å². The number of H-pyrrole nitrogens is 1. The second-order valence-electron chi connectivity index (χ2n) is 5.23. The van der Waals surface area contributed by atoms with Crippen LogP contribution < -0.4 is 10.2 Å². The molecule has 21 heavy (non-hydrogen) atoms. The molecule has 6 heteroatoms. The van der Waals surface area contributed by atoms with Gasteiger partial charge in [-0.3, -0.25) is 9.89 Å². The average molecular weight is 286 g/mol. The van der Waals surface area contributed by atoms with E-state index in [1.807, 2.05) is 43.3 Å². The van der Waals surface area contributed by atoms with Crippen molar-refractivity contribution in [2.24, 2.45) is 0 Å². The number of ether oxygens (including phenoxy) is 1. The number of aromatic nitrogens is 2. The molecule has 3 rings (SSSR count). The van der Waals surface area contributed by atoms with Crippen LogP contribution in [0.15, 0.2) is 24.3 Å². The van der Waals surface area contributed by atoms with Crippen molar-refractivity contribution in [3.63, 3.8) is 0 Å². The lowest BCUT2D eigenvalue weighted by molar-refractivity contribution is 0.0985. The van der Waals surface area contributed by atoms with Gasteiger partial charge in [0.25, 0.3) is 5.91 Å². The smallest absolute Gasteiger partial charge is 0.276 e. The van der Waals surface area contributed by atoms with Crippen molar-refractivity contribution in [2.45, 2.75) is 13.0 Å². The van der Waals surface area contributed by atoms with Gasteiger partial charge in [-0.05, 0) is 18.2 Å². The summed E-state index contributed by atoms with van der Waals surface area (Å²) in [7, 11) is 3.92. The standard InChI is InChI=1S/C15H18N4O2/c1-19(2)11-5-3-4-10(8-11)16-15(20)14-12-9-21-7-6-13(12)17-18-14/h3-5,8H,6-7,9H2,1-2H3,(H,16,20)(H,17,18). The second-order valence-corrected chi connectivity index (χ2v) is 5.23. The number of anilines is 2. The molecule has 2 aromatic rings. The molecule has 0 spiro atoms. The zero-order valence-electron chi connectivity index (χ0n) is 12.1. The van der Waals surface area contributed by atoms with Gasteiger partial charge in [0, 0.05) is 43.1 Å². The average Bonchev–Trinajstić information content (AvgIpc) is 2.91. The number of fused-ring (bicyclic) bond motifs is 1. The van der Waals surface area contributed by atoms with Crippen LogP contribution in [-0.4, -0.2) is 36.8 Å².